The molecule has 1 aromatic rings. The van der Waals surface area contributed by atoms with E-state index in [1.807, 2.05) is 18.3 Å². The monoisotopic (exact) mass is 275 g/mol. The highest BCUT2D eigenvalue weighted by Gasteiger charge is 2.36. The Balaban J connectivity index is 1.43. The smallest absolute Gasteiger partial charge is 0.223 e. The normalized spacial score (nSPS) is 28.9. The summed E-state index contributed by atoms with van der Waals surface area (Å²) in [7, 11) is 0. The van der Waals surface area contributed by atoms with E-state index < -0.39 is 0 Å². The van der Waals surface area contributed by atoms with Crippen LogP contribution in [-0.2, 0) is 11.2 Å². The Bertz CT molecular complexity index is 452. The van der Waals surface area contributed by atoms with Gasteiger partial charge in [-0.3, -0.25) is 9.78 Å². The second-order valence-corrected chi connectivity index (χ2v) is 5.54. The van der Waals surface area contributed by atoms with Crippen LogP contribution in [0, 0.1) is 5.92 Å². The van der Waals surface area contributed by atoms with Gasteiger partial charge in [-0.15, -0.1) is 0 Å². The van der Waals surface area contributed by atoms with Crippen LogP contribution in [0.15, 0.2) is 24.5 Å². The third-order valence-corrected chi connectivity index (χ3v) is 4.17. The summed E-state index contributed by atoms with van der Waals surface area (Å²) in [4.78, 5) is 16.3. The molecular weight excluding hydrogens is 254 g/mol. The van der Waals surface area contributed by atoms with Crippen LogP contribution < -0.4 is 21.7 Å². The van der Waals surface area contributed by atoms with Gasteiger partial charge in [-0.1, -0.05) is 6.07 Å². The van der Waals surface area contributed by atoms with Gasteiger partial charge in [0.2, 0.25) is 5.91 Å². The van der Waals surface area contributed by atoms with Crippen LogP contribution in [0.5, 0.6) is 0 Å². The Kier molecular flexibility index (Phi) is 4.25. The predicted molar refractivity (Wildman–Crippen MR) is 75.3 cm³/mol. The average Bonchev–Trinajstić information content (AvgIpc) is 2.95. The number of aromatic nitrogens is 1. The van der Waals surface area contributed by atoms with Gasteiger partial charge in [0, 0.05) is 36.9 Å². The van der Waals surface area contributed by atoms with E-state index in [9.17, 15) is 4.79 Å². The van der Waals surface area contributed by atoms with Crippen LogP contribution in [0.25, 0.3) is 0 Å². The van der Waals surface area contributed by atoms with E-state index in [2.05, 4.69) is 26.7 Å². The number of hydrogen-bond acceptors (Lipinski definition) is 5. The quantitative estimate of drug-likeness (QED) is 0.617. The molecule has 1 aliphatic carbocycles. The highest BCUT2D eigenvalue weighted by Crippen LogP contribution is 2.25. The second kappa shape index (κ2) is 6.30. The van der Waals surface area contributed by atoms with Gasteiger partial charge in [0.15, 0.2) is 0 Å². The number of fused-ring (bicyclic) bond motifs is 1. The van der Waals surface area contributed by atoms with Gasteiger partial charge in [-0.25, -0.2) is 10.9 Å². The number of amides is 1. The molecule has 1 amide bonds. The van der Waals surface area contributed by atoms with Crippen molar-refractivity contribution in [2.75, 3.05) is 6.54 Å². The zero-order valence-electron chi connectivity index (χ0n) is 11.4. The minimum absolute atomic E-state index is 0.124. The lowest BCUT2D eigenvalue weighted by atomic mass is 9.82. The van der Waals surface area contributed by atoms with Crippen molar-refractivity contribution in [2.24, 2.45) is 5.92 Å². The Morgan fingerprint density at radius 1 is 1.35 bits per heavy atom. The summed E-state index contributed by atoms with van der Waals surface area (Å²) < 4.78 is 0. The van der Waals surface area contributed by atoms with E-state index in [1.54, 1.807) is 6.20 Å². The first-order chi connectivity index (χ1) is 9.83. The molecule has 108 valence electrons. The lowest BCUT2D eigenvalue weighted by Crippen LogP contribution is -2.44. The second-order valence-electron chi connectivity index (χ2n) is 5.54. The van der Waals surface area contributed by atoms with E-state index in [-0.39, 0.29) is 11.8 Å². The van der Waals surface area contributed by atoms with Crippen LogP contribution in [0.1, 0.15) is 24.8 Å². The first-order valence-corrected chi connectivity index (χ1v) is 7.25. The fourth-order valence-corrected chi connectivity index (χ4v) is 2.99. The molecule has 1 aliphatic heterocycles. The molecule has 6 nitrogen and oxygen atoms in total. The highest BCUT2D eigenvalue weighted by molar-refractivity contribution is 5.78. The van der Waals surface area contributed by atoms with Gasteiger partial charge in [0.05, 0.1) is 0 Å². The van der Waals surface area contributed by atoms with Gasteiger partial charge in [0.1, 0.15) is 0 Å². The lowest BCUT2D eigenvalue weighted by molar-refractivity contribution is -0.126. The number of hydrazine groups is 2. The minimum Gasteiger partial charge on any atom is -0.356 e. The summed E-state index contributed by atoms with van der Waals surface area (Å²) in [5.74, 6) is 0.306. The standard InChI is InChI=1S/C14H21N5O/c20-14(16-7-5-10-2-1-6-15-9-10)11-3-4-12-13(8-11)18-19-17-12/h1-2,6,9,11-13,17-19H,3-5,7-8H2,(H,16,20). The zero-order valence-corrected chi connectivity index (χ0v) is 11.4. The summed E-state index contributed by atoms with van der Waals surface area (Å²) >= 11 is 0. The molecule has 2 fully saturated rings. The summed E-state index contributed by atoms with van der Waals surface area (Å²) in [6.45, 7) is 0.680. The van der Waals surface area contributed by atoms with Crippen molar-refractivity contribution in [1.29, 1.82) is 0 Å². The molecule has 3 rings (SSSR count). The van der Waals surface area contributed by atoms with Gasteiger partial charge in [-0.05, 0) is 37.3 Å². The number of rotatable bonds is 4. The van der Waals surface area contributed by atoms with Crippen LogP contribution in [0.2, 0.25) is 0 Å². The summed E-state index contributed by atoms with van der Waals surface area (Å²) in [6.07, 6.45) is 7.32. The van der Waals surface area contributed by atoms with Crippen LogP contribution >= 0.6 is 0 Å². The molecule has 3 atom stereocenters. The Morgan fingerprint density at radius 2 is 2.25 bits per heavy atom. The fourth-order valence-electron chi connectivity index (χ4n) is 2.99. The molecule has 1 aromatic heterocycles. The van der Waals surface area contributed by atoms with E-state index >= 15 is 0 Å². The highest BCUT2D eigenvalue weighted by atomic mass is 16.1. The zero-order chi connectivity index (χ0) is 13.8. The van der Waals surface area contributed by atoms with E-state index in [0.29, 0.717) is 18.6 Å². The maximum absolute atomic E-state index is 12.2. The number of pyridine rings is 1. The molecular formula is C14H21N5O. The molecule has 0 aromatic carbocycles. The van der Waals surface area contributed by atoms with Crippen LogP contribution in [0.4, 0.5) is 0 Å². The third-order valence-electron chi connectivity index (χ3n) is 4.17. The molecule has 4 N–H and O–H groups in total. The molecule has 1 saturated heterocycles. The van der Waals surface area contributed by atoms with Crippen molar-refractivity contribution >= 4 is 5.91 Å². The largest absolute Gasteiger partial charge is 0.356 e. The van der Waals surface area contributed by atoms with Crippen molar-refractivity contribution in [2.45, 2.75) is 37.8 Å². The lowest BCUT2D eigenvalue weighted by Gasteiger charge is -2.29. The number of nitrogens with zero attached hydrogens (tertiary/aromatic N) is 1. The van der Waals surface area contributed by atoms with Crippen molar-refractivity contribution in [3.8, 4) is 0 Å². The first-order valence-electron chi connectivity index (χ1n) is 7.25. The maximum Gasteiger partial charge on any atom is 0.223 e. The molecule has 1 saturated carbocycles. The van der Waals surface area contributed by atoms with Crippen molar-refractivity contribution < 1.29 is 4.79 Å². The van der Waals surface area contributed by atoms with Crippen molar-refractivity contribution in [3.63, 3.8) is 0 Å². The first kappa shape index (κ1) is 13.5. The predicted octanol–water partition coefficient (Wildman–Crippen LogP) is -0.110. The maximum atomic E-state index is 12.2. The molecule has 0 spiro atoms. The topological polar surface area (TPSA) is 78.1 Å². The number of nitrogens with one attached hydrogen (secondary N) is 4. The molecule has 3 unspecified atom stereocenters. The summed E-state index contributed by atoms with van der Waals surface area (Å²) in [6, 6.07) is 4.77. The summed E-state index contributed by atoms with van der Waals surface area (Å²) in [5, 5.41) is 3.05. The molecule has 2 heterocycles. The van der Waals surface area contributed by atoms with E-state index in [1.165, 1.54) is 0 Å². The number of hydrogen-bond donors (Lipinski definition) is 4. The van der Waals surface area contributed by atoms with Crippen LogP contribution in [-0.4, -0.2) is 29.5 Å². The summed E-state index contributed by atoms with van der Waals surface area (Å²) in [5.41, 5.74) is 10.5. The number of carbonyl (C=O) groups is 1. The van der Waals surface area contributed by atoms with Crippen LogP contribution in [0.3, 0.4) is 0 Å². The number of carbonyl (C=O) groups excluding carboxylic acids is 1. The van der Waals surface area contributed by atoms with Crippen molar-refractivity contribution in [1.82, 2.24) is 26.7 Å². The average molecular weight is 275 g/mol. The Labute approximate surface area is 118 Å². The molecule has 6 heteroatoms. The van der Waals surface area contributed by atoms with Crippen molar-refractivity contribution in [3.05, 3.63) is 30.1 Å². The molecule has 0 bridgehead atoms. The van der Waals surface area contributed by atoms with E-state index in [4.69, 9.17) is 0 Å². The third kappa shape index (κ3) is 3.15. The Hall–Kier alpha value is -1.50. The fraction of sp³-hybridized carbons (Fsp3) is 0.571. The molecule has 20 heavy (non-hydrogen) atoms. The molecule has 0 radical (unpaired) electrons. The van der Waals surface area contributed by atoms with E-state index in [0.717, 1.165) is 31.2 Å². The van der Waals surface area contributed by atoms with Gasteiger partial charge >= 0.3 is 0 Å². The SMILES string of the molecule is O=C(NCCc1cccnc1)C1CCC2NNNC2C1. The minimum atomic E-state index is 0.124. The Morgan fingerprint density at radius 3 is 3.10 bits per heavy atom. The molecule has 2 aliphatic rings. The van der Waals surface area contributed by atoms with Gasteiger partial charge < -0.3 is 5.32 Å². The van der Waals surface area contributed by atoms with Gasteiger partial charge in [-0.2, -0.15) is 5.53 Å². The van der Waals surface area contributed by atoms with Gasteiger partial charge in [0.25, 0.3) is 0 Å².